The number of hydrogen-bond acceptors (Lipinski definition) is 6. The SMILES string of the molecule is COc1cccc(NCc2nnc(SC[C@@H]3CCCCO3)n2C2CCCCC2)c1. The lowest BCUT2D eigenvalue weighted by Crippen LogP contribution is -2.22. The summed E-state index contributed by atoms with van der Waals surface area (Å²) in [6, 6.07) is 8.53. The molecule has 0 radical (unpaired) electrons. The van der Waals surface area contributed by atoms with Crippen molar-refractivity contribution in [3.8, 4) is 5.75 Å². The highest BCUT2D eigenvalue weighted by molar-refractivity contribution is 7.99. The van der Waals surface area contributed by atoms with Crippen molar-refractivity contribution in [1.82, 2.24) is 14.8 Å². The Morgan fingerprint density at radius 1 is 1.14 bits per heavy atom. The average Bonchev–Trinajstić information content (AvgIpc) is 3.20. The molecule has 1 aromatic carbocycles. The molecule has 158 valence electrons. The van der Waals surface area contributed by atoms with Gasteiger partial charge in [-0.3, -0.25) is 0 Å². The summed E-state index contributed by atoms with van der Waals surface area (Å²) in [6.45, 7) is 1.56. The van der Waals surface area contributed by atoms with E-state index in [-0.39, 0.29) is 0 Å². The van der Waals surface area contributed by atoms with Gasteiger partial charge in [-0.15, -0.1) is 10.2 Å². The van der Waals surface area contributed by atoms with E-state index in [0.29, 0.717) is 18.7 Å². The lowest BCUT2D eigenvalue weighted by atomic mass is 9.95. The summed E-state index contributed by atoms with van der Waals surface area (Å²) in [4.78, 5) is 0. The summed E-state index contributed by atoms with van der Waals surface area (Å²) in [7, 11) is 1.69. The Morgan fingerprint density at radius 3 is 2.79 bits per heavy atom. The Bertz CT molecular complexity index is 770. The van der Waals surface area contributed by atoms with Crippen molar-refractivity contribution in [3.63, 3.8) is 0 Å². The molecule has 2 aliphatic rings. The normalized spacial score (nSPS) is 20.5. The second-order valence-corrected chi connectivity index (χ2v) is 8.93. The summed E-state index contributed by atoms with van der Waals surface area (Å²) in [5.74, 6) is 2.84. The molecule has 2 fully saturated rings. The van der Waals surface area contributed by atoms with Gasteiger partial charge in [0.2, 0.25) is 0 Å². The third-order valence-electron chi connectivity index (χ3n) is 5.87. The lowest BCUT2D eigenvalue weighted by molar-refractivity contribution is 0.0315. The molecule has 0 unspecified atom stereocenters. The van der Waals surface area contributed by atoms with Crippen molar-refractivity contribution in [3.05, 3.63) is 30.1 Å². The average molecular weight is 417 g/mol. The van der Waals surface area contributed by atoms with Crippen LogP contribution in [0, 0.1) is 0 Å². The summed E-state index contributed by atoms with van der Waals surface area (Å²) in [5, 5.41) is 13.7. The maximum absolute atomic E-state index is 5.92. The molecule has 2 heterocycles. The molecule has 0 bridgehead atoms. The van der Waals surface area contributed by atoms with Crippen LogP contribution < -0.4 is 10.1 Å². The van der Waals surface area contributed by atoms with Crippen LogP contribution in [0.5, 0.6) is 5.75 Å². The van der Waals surface area contributed by atoms with Crippen LogP contribution in [0.4, 0.5) is 5.69 Å². The minimum Gasteiger partial charge on any atom is -0.497 e. The van der Waals surface area contributed by atoms with E-state index < -0.39 is 0 Å². The number of nitrogens with zero attached hydrogens (tertiary/aromatic N) is 3. The first-order chi connectivity index (χ1) is 14.3. The molecule has 1 N–H and O–H groups in total. The molecule has 1 aliphatic carbocycles. The van der Waals surface area contributed by atoms with E-state index in [9.17, 15) is 0 Å². The molecule has 1 aliphatic heterocycles. The number of anilines is 1. The predicted molar refractivity (Wildman–Crippen MR) is 117 cm³/mol. The fourth-order valence-corrected chi connectivity index (χ4v) is 5.34. The van der Waals surface area contributed by atoms with Gasteiger partial charge in [0, 0.05) is 30.2 Å². The highest BCUT2D eigenvalue weighted by Gasteiger charge is 2.24. The highest BCUT2D eigenvalue weighted by Crippen LogP contribution is 2.33. The van der Waals surface area contributed by atoms with Crippen molar-refractivity contribution in [2.24, 2.45) is 0 Å². The number of nitrogens with one attached hydrogen (secondary N) is 1. The van der Waals surface area contributed by atoms with Gasteiger partial charge in [-0.1, -0.05) is 37.1 Å². The monoisotopic (exact) mass is 416 g/mol. The van der Waals surface area contributed by atoms with Gasteiger partial charge in [0.15, 0.2) is 11.0 Å². The van der Waals surface area contributed by atoms with Crippen LogP contribution in [0.2, 0.25) is 0 Å². The molecule has 1 saturated heterocycles. The summed E-state index contributed by atoms with van der Waals surface area (Å²) in [5.41, 5.74) is 1.03. The fourth-order valence-electron chi connectivity index (χ4n) is 4.25. The van der Waals surface area contributed by atoms with Crippen molar-refractivity contribution in [1.29, 1.82) is 0 Å². The molecule has 4 rings (SSSR count). The van der Waals surface area contributed by atoms with E-state index in [1.807, 2.05) is 30.0 Å². The number of ether oxygens (including phenoxy) is 2. The van der Waals surface area contributed by atoms with E-state index in [0.717, 1.165) is 41.2 Å². The topological polar surface area (TPSA) is 61.2 Å². The molecule has 7 heteroatoms. The van der Waals surface area contributed by atoms with Crippen molar-refractivity contribution >= 4 is 17.4 Å². The zero-order valence-electron chi connectivity index (χ0n) is 17.3. The fraction of sp³-hybridized carbons (Fsp3) is 0.636. The maximum Gasteiger partial charge on any atom is 0.191 e. The first-order valence-electron chi connectivity index (χ1n) is 10.9. The minimum absolute atomic E-state index is 0.351. The molecule has 1 atom stereocenters. The van der Waals surface area contributed by atoms with E-state index >= 15 is 0 Å². The standard InChI is InChI=1S/C22H32N4O2S/c1-27-19-12-7-8-17(14-19)23-15-21-24-25-22(26(21)18-9-3-2-4-10-18)29-16-20-11-5-6-13-28-20/h7-8,12,14,18,20,23H,2-6,9-11,13,15-16H2,1H3/t20-/m0/s1. The van der Waals surface area contributed by atoms with Crippen LogP contribution >= 0.6 is 11.8 Å². The first-order valence-corrected chi connectivity index (χ1v) is 11.9. The maximum atomic E-state index is 5.92. The largest absolute Gasteiger partial charge is 0.497 e. The molecule has 29 heavy (non-hydrogen) atoms. The minimum atomic E-state index is 0.351. The second kappa shape index (κ2) is 10.3. The van der Waals surface area contributed by atoms with Crippen LogP contribution in [0.25, 0.3) is 0 Å². The van der Waals surface area contributed by atoms with Gasteiger partial charge < -0.3 is 19.4 Å². The number of hydrogen-bond donors (Lipinski definition) is 1. The Morgan fingerprint density at radius 2 is 2.00 bits per heavy atom. The van der Waals surface area contributed by atoms with E-state index in [2.05, 4.69) is 26.1 Å². The predicted octanol–water partition coefficient (Wildman–Crippen LogP) is 5.07. The molecule has 1 aromatic heterocycles. The molecule has 0 spiro atoms. The lowest BCUT2D eigenvalue weighted by Gasteiger charge is -2.26. The summed E-state index contributed by atoms with van der Waals surface area (Å²) >= 11 is 1.81. The summed E-state index contributed by atoms with van der Waals surface area (Å²) in [6.07, 6.45) is 10.3. The second-order valence-electron chi connectivity index (χ2n) is 7.95. The van der Waals surface area contributed by atoms with Crippen molar-refractivity contribution < 1.29 is 9.47 Å². The van der Waals surface area contributed by atoms with Crippen LogP contribution in [-0.2, 0) is 11.3 Å². The molecule has 1 saturated carbocycles. The Labute approximate surface area is 177 Å². The van der Waals surface area contributed by atoms with E-state index in [4.69, 9.17) is 9.47 Å². The Hall–Kier alpha value is -1.73. The van der Waals surface area contributed by atoms with E-state index in [1.54, 1.807) is 7.11 Å². The van der Waals surface area contributed by atoms with Crippen molar-refractivity contribution in [2.75, 3.05) is 24.8 Å². The van der Waals surface area contributed by atoms with Crippen LogP contribution in [0.3, 0.4) is 0 Å². The molecule has 2 aromatic rings. The molecular weight excluding hydrogens is 384 g/mol. The van der Waals surface area contributed by atoms with Crippen LogP contribution in [-0.4, -0.2) is 40.3 Å². The van der Waals surface area contributed by atoms with Crippen LogP contribution in [0.15, 0.2) is 29.4 Å². The zero-order valence-corrected chi connectivity index (χ0v) is 18.1. The number of aromatic nitrogens is 3. The quantitative estimate of drug-likeness (QED) is 0.607. The van der Waals surface area contributed by atoms with Gasteiger partial charge >= 0.3 is 0 Å². The summed E-state index contributed by atoms with van der Waals surface area (Å²) < 4.78 is 13.7. The van der Waals surface area contributed by atoms with Gasteiger partial charge in [0.05, 0.1) is 19.8 Å². The van der Waals surface area contributed by atoms with Gasteiger partial charge in [0.25, 0.3) is 0 Å². The Balaban J connectivity index is 1.46. The number of rotatable bonds is 8. The Kier molecular flexibility index (Phi) is 7.33. The molecule has 6 nitrogen and oxygen atoms in total. The van der Waals surface area contributed by atoms with Gasteiger partial charge in [-0.25, -0.2) is 0 Å². The number of thioether (sulfide) groups is 1. The van der Waals surface area contributed by atoms with Gasteiger partial charge in [-0.05, 0) is 44.2 Å². The highest BCUT2D eigenvalue weighted by atomic mass is 32.2. The number of benzene rings is 1. The number of methoxy groups -OCH3 is 1. The molecular formula is C22H32N4O2S. The third-order valence-corrected chi connectivity index (χ3v) is 6.94. The molecule has 0 amide bonds. The smallest absolute Gasteiger partial charge is 0.191 e. The van der Waals surface area contributed by atoms with Crippen molar-refractivity contribution in [2.45, 2.75) is 75.2 Å². The van der Waals surface area contributed by atoms with E-state index in [1.165, 1.54) is 44.9 Å². The zero-order chi connectivity index (χ0) is 19.9. The van der Waals surface area contributed by atoms with Gasteiger partial charge in [0.1, 0.15) is 5.75 Å². The first kappa shape index (κ1) is 20.5. The van der Waals surface area contributed by atoms with Gasteiger partial charge in [-0.2, -0.15) is 0 Å². The third kappa shape index (κ3) is 5.45. The van der Waals surface area contributed by atoms with Crippen LogP contribution in [0.1, 0.15) is 63.2 Å².